The van der Waals surface area contributed by atoms with Gasteiger partial charge < -0.3 is 4.57 Å². The molecule has 1 heterocycles. The quantitative estimate of drug-likeness (QED) is 0.250. The van der Waals surface area contributed by atoms with E-state index in [9.17, 15) is 0 Å². The van der Waals surface area contributed by atoms with Gasteiger partial charge in [-0.05, 0) is 65.3 Å². The Kier molecular flexibility index (Phi) is 7.56. The van der Waals surface area contributed by atoms with E-state index in [2.05, 4.69) is 124 Å². The number of aromatic nitrogens is 2. The van der Waals surface area contributed by atoms with Crippen LogP contribution in [0.15, 0.2) is 90.1 Å². The Morgan fingerprint density at radius 2 is 1.78 bits per heavy atom. The van der Waals surface area contributed by atoms with Crippen molar-refractivity contribution in [3.05, 3.63) is 113 Å². The molecule has 0 bridgehead atoms. The minimum absolute atomic E-state index is 0.00312. The number of benzene rings is 2. The van der Waals surface area contributed by atoms with Crippen molar-refractivity contribution in [2.75, 3.05) is 5.75 Å². The number of hydrogen-bond donors (Lipinski definition) is 1. The van der Waals surface area contributed by atoms with Crippen molar-refractivity contribution in [2.45, 2.75) is 63.8 Å². The van der Waals surface area contributed by atoms with Gasteiger partial charge in [0, 0.05) is 18.4 Å². The van der Waals surface area contributed by atoms with Crippen LogP contribution < -0.4 is 0 Å². The highest BCUT2D eigenvalue weighted by molar-refractivity contribution is 7.80. The highest BCUT2D eigenvalue weighted by Crippen LogP contribution is 2.36. The van der Waals surface area contributed by atoms with Crippen molar-refractivity contribution in [1.82, 2.24) is 9.55 Å². The van der Waals surface area contributed by atoms with E-state index in [1.165, 1.54) is 33.4 Å². The smallest absolute Gasteiger partial charge is 0.117 e. The van der Waals surface area contributed by atoms with Gasteiger partial charge in [0.2, 0.25) is 0 Å². The van der Waals surface area contributed by atoms with Gasteiger partial charge in [0.05, 0.1) is 16.4 Å². The number of alkyl halides is 1. The molecule has 0 amide bonds. The summed E-state index contributed by atoms with van der Waals surface area (Å²) in [4.78, 5) is 5.19. The predicted octanol–water partition coefficient (Wildman–Crippen LogP) is 8.56. The van der Waals surface area contributed by atoms with Crippen LogP contribution in [0.5, 0.6) is 0 Å². The fraction of sp³-hybridized carbons (Fsp3) is 0.364. The zero-order valence-electron chi connectivity index (χ0n) is 22.3. The summed E-state index contributed by atoms with van der Waals surface area (Å²) < 4.78 is 2.43. The van der Waals surface area contributed by atoms with Crippen molar-refractivity contribution in [3.63, 3.8) is 0 Å². The maximum atomic E-state index is 6.69. The monoisotopic (exact) mass is 528 g/mol. The van der Waals surface area contributed by atoms with Crippen molar-refractivity contribution in [3.8, 4) is 0 Å². The van der Waals surface area contributed by atoms with E-state index in [0.717, 1.165) is 36.5 Å². The maximum Gasteiger partial charge on any atom is 0.117 e. The number of rotatable bonds is 6. The third-order valence-electron chi connectivity index (χ3n) is 7.58. The van der Waals surface area contributed by atoms with Crippen LogP contribution in [0.2, 0.25) is 0 Å². The number of imidazole rings is 1. The normalized spacial score (nSPS) is 21.8. The van der Waals surface area contributed by atoms with Gasteiger partial charge in [-0.15, -0.1) is 11.6 Å². The van der Waals surface area contributed by atoms with Crippen LogP contribution in [-0.4, -0.2) is 20.7 Å². The minimum Gasteiger partial charge on any atom is -0.323 e. The second-order valence-corrected chi connectivity index (χ2v) is 12.4. The molecule has 3 unspecified atom stereocenters. The molecule has 5 rings (SSSR count). The predicted molar refractivity (Wildman–Crippen MR) is 162 cm³/mol. The molecule has 0 aliphatic heterocycles. The SMILES string of the molecule is CC1=CC(Cl)C(C2=CCC(c3nc4ccc(C(C)(C)C)cc4n3Cc3ccc(CCS)cc3)C=C2)C=C1. The van der Waals surface area contributed by atoms with Crippen molar-refractivity contribution < 1.29 is 0 Å². The molecule has 0 N–H and O–H groups in total. The Balaban J connectivity index is 1.49. The molecule has 4 heteroatoms. The fourth-order valence-corrected chi connectivity index (χ4v) is 6.01. The van der Waals surface area contributed by atoms with Crippen LogP contribution in [0.25, 0.3) is 11.0 Å². The summed E-state index contributed by atoms with van der Waals surface area (Å²) in [6.45, 7) is 9.72. The fourth-order valence-electron chi connectivity index (χ4n) is 5.32. The van der Waals surface area contributed by atoms with Gasteiger partial charge in [0.1, 0.15) is 5.82 Å². The van der Waals surface area contributed by atoms with E-state index >= 15 is 0 Å². The van der Waals surface area contributed by atoms with Gasteiger partial charge in [0.25, 0.3) is 0 Å². The number of hydrogen-bond acceptors (Lipinski definition) is 2. The Bertz CT molecular complexity index is 1400. The van der Waals surface area contributed by atoms with Gasteiger partial charge in [-0.2, -0.15) is 12.6 Å². The van der Waals surface area contributed by atoms with Crippen LogP contribution >= 0.6 is 24.2 Å². The Morgan fingerprint density at radius 3 is 2.43 bits per heavy atom. The molecule has 0 saturated carbocycles. The molecule has 3 aromatic rings. The first kappa shape index (κ1) is 26.1. The molecule has 37 heavy (non-hydrogen) atoms. The standard InChI is InChI=1S/C33H37ClN2S/c1-22-5-15-28(29(34)19-22)25-10-12-26(13-11-25)32-35-30-16-14-27(33(2,3)4)20-31(30)36(32)21-24-8-6-23(7-9-24)17-18-37/h5-12,14-16,19-20,26,28-29,37H,13,17-18,21H2,1-4H3. The van der Waals surface area contributed by atoms with E-state index < -0.39 is 0 Å². The second kappa shape index (κ2) is 10.7. The molecule has 0 radical (unpaired) electrons. The van der Waals surface area contributed by atoms with Gasteiger partial charge in [-0.3, -0.25) is 0 Å². The minimum atomic E-state index is 0.00312. The number of halogens is 1. The third-order valence-corrected chi connectivity index (χ3v) is 8.21. The molecule has 3 atom stereocenters. The zero-order valence-corrected chi connectivity index (χ0v) is 23.9. The molecule has 2 nitrogen and oxygen atoms in total. The van der Waals surface area contributed by atoms with Gasteiger partial charge >= 0.3 is 0 Å². The van der Waals surface area contributed by atoms with Crippen LogP contribution in [0.4, 0.5) is 0 Å². The van der Waals surface area contributed by atoms with Crippen LogP contribution in [0.1, 0.15) is 62.5 Å². The van der Waals surface area contributed by atoms with Gasteiger partial charge in [-0.1, -0.05) is 93.1 Å². The first-order valence-corrected chi connectivity index (χ1v) is 14.4. The van der Waals surface area contributed by atoms with E-state index in [4.69, 9.17) is 16.6 Å². The average molecular weight is 529 g/mol. The molecule has 2 aromatic carbocycles. The third kappa shape index (κ3) is 5.68. The summed E-state index contributed by atoms with van der Waals surface area (Å²) in [6.07, 6.45) is 15.5. The highest BCUT2D eigenvalue weighted by Gasteiger charge is 2.26. The molecule has 2 aliphatic carbocycles. The lowest BCUT2D eigenvalue weighted by molar-refractivity contribution is 0.590. The maximum absolute atomic E-state index is 6.69. The molecule has 2 aliphatic rings. The Hall–Kier alpha value is -2.49. The first-order chi connectivity index (χ1) is 17.7. The second-order valence-electron chi connectivity index (χ2n) is 11.4. The van der Waals surface area contributed by atoms with Gasteiger partial charge in [0.15, 0.2) is 0 Å². The van der Waals surface area contributed by atoms with Crippen LogP contribution in [-0.2, 0) is 18.4 Å². The van der Waals surface area contributed by atoms with E-state index in [-0.39, 0.29) is 22.6 Å². The number of fused-ring (bicyclic) bond motifs is 1. The summed E-state index contributed by atoms with van der Waals surface area (Å²) in [6, 6.07) is 15.7. The molecular weight excluding hydrogens is 492 g/mol. The Labute approximate surface area is 232 Å². The van der Waals surface area contributed by atoms with Gasteiger partial charge in [-0.25, -0.2) is 4.98 Å². The molecule has 0 saturated heterocycles. The highest BCUT2D eigenvalue weighted by atomic mass is 35.5. The zero-order chi connectivity index (χ0) is 26.2. The largest absolute Gasteiger partial charge is 0.323 e. The van der Waals surface area contributed by atoms with E-state index in [1.54, 1.807) is 0 Å². The lowest BCUT2D eigenvalue weighted by atomic mass is 9.84. The first-order valence-electron chi connectivity index (χ1n) is 13.3. The van der Waals surface area contributed by atoms with Crippen LogP contribution in [0.3, 0.4) is 0 Å². The summed E-state index contributed by atoms with van der Waals surface area (Å²) in [5.41, 5.74) is 8.84. The van der Waals surface area contributed by atoms with Crippen molar-refractivity contribution in [1.29, 1.82) is 0 Å². The lowest BCUT2D eigenvalue weighted by Gasteiger charge is -2.25. The number of nitrogens with zero attached hydrogens (tertiary/aromatic N) is 2. The Morgan fingerprint density at radius 1 is 1.03 bits per heavy atom. The molecule has 192 valence electrons. The number of aryl methyl sites for hydroxylation is 1. The number of thiol groups is 1. The van der Waals surface area contributed by atoms with Crippen molar-refractivity contribution >= 4 is 35.3 Å². The van der Waals surface area contributed by atoms with Crippen LogP contribution in [0, 0.1) is 5.92 Å². The summed E-state index contributed by atoms with van der Waals surface area (Å²) in [5.74, 6) is 2.46. The van der Waals surface area contributed by atoms with E-state index in [1.807, 2.05) is 0 Å². The summed E-state index contributed by atoms with van der Waals surface area (Å²) in [5, 5.41) is 0.00312. The van der Waals surface area contributed by atoms with Crippen molar-refractivity contribution in [2.24, 2.45) is 5.92 Å². The topological polar surface area (TPSA) is 17.8 Å². The molecule has 0 spiro atoms. The molecule has 1 aromatic heterocycles. The molecule has 0 fully saturated rings. The lowest BCUT2D eigenvalue weighted by Crippen LogP contribution is -2.17. The summed E-state index contributed by atoms with van der Waals surface area (Å²) in [7, 11) is 0. The average Bonchev–Trinajstić information content (AvgIpc) is 3.23. The summed E-state index contributed by atoms with van der Waals surface area (Å²) >= 11 is 11.1. The van der Waals surface area contributed by atoms with E-state index in [0.29, 0.717) is 0 Å². The number of allylic oxidation sites excluding steroid dienone is 8. The molecular formula is C33H37ClN2S.